The number of amides is 1. The highest BCUT2D eigenvalue weighted by molar-refractivity contribution is 6.31. The second-order valence-electron chi connectivity index (χ2n) is 8.60. The smallest absolute Gasteiger partial charge is 0.328 e. The van der Waals surface area contributed by atoms with E-state index < -0.39 is 18.4 Å². The second kappa shape index (κ2) is 10.7. The van der Waals surface area contributed by atoms with Crippen LogP contribution in [0.3, 0.4) is 0 Å². The van der Waals surface area contributed by atoms with Gasteiger partial charge in [-0.25, -0.2) is 4.79 Å². The zero-order valence-electron chi connectivity index (χ0n) is 21.3. The summed E-state index contributed by atoms with van der Waals surface area (Å²) in [6, 6.07) is 21.6. The molecule has 1 N–H and O–H groups in total. The zero-order chi connectivity index (χ0) is 27.5. The molecule has 0 bridgehead atoms. The molecule has 0 aliphatic carbocycles. The van der Waals surface area contributed by atoms with Crippen LogP contribution in [0.5, 0.6) is 0 Å². The van der Waals surface area contributed by atoms with Crippen molar-refractivity contribution < 1.29 is 16.1 Å². The topological polar surface area (TPSA) is 88.3 Å². The third kappa shape index (κ3) is 5.33. The van der Waals surface area contributed by atoms with E-state index in [4.69, 9.17) is 18.1 Å². The van der Waals surface area contributed by atoms with E-state index in [1.165, 1.54) is 23.4 Å². The van der Waals surface area contributed by atoms with Crippen molar-refractivity contribution in [3.8, 4) is 11.1 Å². The summed E-state index contributed by atoms with van der Waals surface area (Å²) in [6.45, 7) is -1.21. The third-order valence-corrected chi connectivity index (χ3v) is 6.36. The number of hydrogen-bond donors (Lipinski definition) is 1. The predicted molar refractivity (Wildman–Crippen MR) is 149 cm³/mol. The molecule has 0 spiro atoms. The SMILES string of the molecule is [2H]C(c1ccc(-c2ccc3c(cnn3C)c2)cc1Cl)N(C(=O)c1ccccc1)c1cncc(/C=C/C(=O)O)c1. The van der Waals surface area contributed by atoms with Crippen LogP contribution in [0.1, 0.15) is 22.9 Å². The first-order valence-electron chi connectivity index (χ1n) is 12.3. The molecular weight excluding hydrogens is 500 g/mol. The van der Waals surface area contributed by atoms with Gasteiger partial charge in [-0.3, -0.25) is 14.5 Å². The van der Waals surface area contributed by atoms with Crippen LogP contribution in [0.4, 0.5) is 5.69 Å². The number of rotatable bonds is 7. The van der Waals surface area contributed by atoms with Crippen molar-refractivity contribution in [3.63, 3.8) is 0 Å². The van der Waals surface area contributed by atoms with Crippen molar-refractivity contribution in [1.82, 2.24) is 14.8 Å². The molecule has 0 aliphatic heterocycles. The van der Waals surface area contributed by atoms with Gasteiger partial charge in [-0.1, -0.05) is 48.0 Å². The van der Waals surface area contributed by atoms with Crippen molar-refractivity contribution in [2.45, 2.75) is 6.52 Å². The fraction of sp³-hybridized carbons (Fsp3) is 0.0667. The van der Waals surface area contributed by atoms with Gasteiger partial charge in [-0.05, 0) is 64.7 Å². The standard InChI is InChI=1S/C30H23ClN4O3/c1-34-28-11-10-22(14-25(28)17-33-34)23-8-9-24(27(31)15-23)19-35(30(38)21-5-3-2-4-6-21)26-13-20(16-32-18-26)7-12-29(36)37/h2-18H,19H2,1H3,(H,36,37)/b12-7+/i19D. The normalized spacial score (nSPS) is 12.4. The van der Waals surface area contributed by atoms with E-state index in [0.717, 1.165) is 28.1 Å². The number of hydrogen-bond acceptors (Lipinski definition) is 4. The number of halogens is 1. The molecule has 7 nitrogen and oxygen atoms in total. The van der Waals surface area contributed by atoms with Crippen LogP contribution in [0.15, 0.2) is 97.5 Å². The maximum atomic E-state index is 13.7. The summed E-state index contributed by atoms with van der Waals surface area (Å²) in [5.41, 5.74) is 4.45. The van der Waals surface area contributed by atoms with Gasteiger partial charge >= 0.3 is 5.97 Å². The Bertz CT molecular complexity index is 1720. The molecule has 0 saturated heterocycles. The molecule has 3 aromatic carbocycles. The van der Waals surface area contributed by atoms with Crippen molar-refractivity contribution >= 4 is 46.1 Å². The Kier molecular flexibility index (Phi) is 6.66. The summed E-state index contributed by atoms with van der Waals surface area (Å²) in [4.78, 5) is 30.1. The Hall–Kier alpha value is -4.75. The van der Waals surface area contributed by atoms with Crippen LogP contribution >= 0.6 is 11.6 Å². The van der Waals surface area contributed by atoms with Crippen LogP contribution in [-0.2, 0) is 18.4 Å². The number of aromatic nitrogens is 3. The number of carboxylic acids is 1. The zero-order valence-corrected chi connectivity index (χ0v) is 21.1. The number of anilines is 1. The van der Waals surface area contributed by atoms with Crippen LogP contribution in [0.2, 0.25) is 5.02 Å². The van der Waals surface area contributed by atoms with Crippen molar-refractivity contribution in [2.75, 3.05) is 4.90 Å². The van der Waals surface area contributed by atoms with Gasteiger partial charge in [0.1, 0.15) is 0 Å². The van der Waals surface area contributed by atoms with E-state index in [0.29, 0.717) is 27.4 Å². The number of carboxylic acid groups (broad SMARTS) is 1. The van der Waals surface area contributed by atoms with E-state index in [1.807, 2.05) is 31.3 Å². The average molecular weight is 524 g/mol. The van der Waals surface area contributed by atoms with Crippen LogP contribution < -0.4 is 4.90 Å². The molecule has 0 fully saturated rings. The Morgan fingerprint density at radius 2 is 1.79 bits per heavy atom. The molecule has 2 heterocycles. The first-order chi connectivity index (χ1) is 18.8. The lowest BCUT2D eigenvalue weighted by atomic mass is 10.0. The minimum absolute atomic E-state index is 0.332. The molecule has 0 saturated carbocycles. The van der Waals surface area contributed by atoms with E-state index in [1.54, 1.807) is 59.4 Å². The summed E-state index contributed by atoms with van der Waals surface area (Å²) >= 11 is 6.73. The summed E-state index contributed by atoms with van der Waals surface area (Å²) in [7, 11) is 1.89. The highest BCUT2D eigenvalue weighted by Crippen LogP contribution is 2.30. The minimum Gasteiger partial charge on any atom is -0.478 e. The number of benzene rings is 3. The molecule has 188 valence electrons. The lowest BCUT2D eigenvalue weighted by Crippen LogP contribution is -2.30. The largest absolute Gasteiger partial charge is 0.478 e. The molecule has 38 heavy (non-hydrogen) atoms. The third-order valence-electron chi connectivity index (χ3n) is 6.03. The number of fused-ring (bicyclic) bond motifs is 1. The van der Waals surface area contributed by atoms with E-state index in [9.17, 15) is 9.59 Å². The first kappa shape index (κ1) is 23.6. The number of nitrogens with zero attached hydrogens (tertiary/aromatic N) is 4. The second-order valence-corrected chi connectivity index (χ2v) is 9.00. The lowest BCUT2D eigenvalue weighted by Gasteiger charge is -2.24. The van der Waals surface area contributed by atoms with Gasteiger partial charge in [-0.15, -0.1) is 0 Å². The molecule has 5 rings (SSSR count). The lowest BCUT2D eigenvalue weighted by molar-refractivity contribution is -0.131. The van der Waals surface area contributed by atoms with Crippen LogP contribution in [0.25, 0.3) is 28.1 Å². The first-order valence-corrected chi connectivity index (χ1v) is 12.1. The van der Waals surface area contributed by atoms with Gasteiger partial charge in [0, 0.05) is 35.3 Å². The molecule has 0 radical (unpaired) electrons. The predicted octanol–water partition coefficient (Wildman–Crippen LogP) is 6.23. The molecule has 1 atom stereocenters. The van der Waals surface area contributed by atoms with Crippen LogP contribution in [0, 0.1) is 0 Å². The van der Waals surface area contributed by atoms with Crippen molar-refractivity contribution in [1.29, 1.82) is 0 Å². The maximum absolute atomic E-state index is 13.7. The van der Waals surface area contributed by atoms with Gasteiger partial charge in [0.05, 0.1) is 31.5 Å². The number of aryl methyl sites for hydroxylation is 1. The van der Waals surface area contributed by atoms with Gasteiger partial charge in [-0.2, -0.15) is 5.10 Å². The molecular formula is C30H23ClN4O3. The highest BCUT2D eigenvalue weighted by Gasteiger charge is 2.20. The van der Waals surface area contributed by atoms with Gasteiger partial charge < -0.3 is 10.0 Å². The Morgan fingerprint density at radius 3 is 2.55 bits per heavy atom. The van der Waals surface area contributed by atoms with Gasteiger partial charge in [0.25, 0.3) is 5.91 Å². The monoisotopic (exact) mass is 523 g/mol. The highest BCUT2D eigenvalue weighted by atomic mass is 35.5. The summed E-state index contributed by atoms with van der Waals surface area (Å²) < 4.78 is 10.9. The molecule has 8 heteroatoms. The number of aliphatic carboxylic acids is 1. The maximum Gasteiger partial charge on any atom is 0.328 e. The fourth-order valence-corrected chi connectivity index (χ4v) is 4.33. The van der Waals surface area contributed by atoms with Crippen molar-refractivity contribution in [2.24, 2.45) is 7.05 Å². The molecule has 5 aromatic rings. The number of carbonyl (C=O) groups excluding carboxylic acids is 1. The molecule has 2 aromatic heterocycles. The fourth-order valence-electron chi connectivity index (χ4n) is 4.10. The van der Waals surface area contributed by atoms with E-state index >= 15 is 0 Å². The van der Waals surface area contributed by atoms with Gasteiger partial charge in [0.15, 0.2) is 0 Å². The molecule has 1 amide bonds. The number of carbonyl (C=O) groups is 2. The Morgan fingerprint density at radius 1 is 1.03 bits per heavy atom. The Labute approximate surface area is 225 Å². The number of pyridine rings is 1. The van der Waals surface area contributed by atoms with Crippen molar-refractivity contribution in [3.05, 3.63) is 119 Å². The molecule has 0 aliphatic rings. The summed E-state index contributed by atoms with van der Waals surface area (Å²) in [5, 5.41) is 14.6. The average Bonchev–Trinajstić information content (AvgIpc) is 3.32. The summed E-state index contributed by atoms with van der Waals surface area (Å²) in [6.07, 6.45) is 7.11. The summed E-state index contributed by atoms with van der Waals surface area (Å²) in [5.74, 6) is -1.52. The quantitative estimate of drug-likeness (QED) is 0.255. The minimum atomic E-state index is -1.21. The van der Waals surface area contributed by atoms with E-state index in [2.05, 4.69) is 10.1 Å². The molecule has 1 unspecified atom stereocenters. The van der Waals surface area contributed by atoms with Gasteiger partial charge in [0.2, 0.25) is 0 Å². The van der Waals surface area contributed by atoms with Crippen LogP contribution in [-0.4, -0.2) is 31.7 Å². The Balaban J connectivity index is 1.54. The van der Waals surface area contributed by atoms with E-state index in [-0.39, 0.29) is 0 Å².